The average molecular weight is 639 g/mol. The van der Waals surface area contributed by atoms with Gasteiger partial charge in [-0.2, -0.15) is 0 Å². The third-order valence-corrected chi connectivity index (χ3v) is 8.93. The number of aliphatic hydroxyl groups is 1. The zero-order valence-corrected chi connectivity index (χ0v) is 28.1. The van der Waals surface area contributed by atoms with Crippen molar-refractivity contribution in [3.63, 3.8) is 0 Å². The second-order valence-electron chi connectivity index (χ2n) is 12.7. The summed E-state index contributed by atoms with van der Waals surface area (Å²) < 4.78 is 6.22. The number of aromatic nitrogens is 1. The summed E-state index contributed by atoms with van der Waals surface area (Å²) in [7, 11) is 0. The molecule has 47 heavy (non-hydrogen) atoms. The molecular formula is C39H50N4O4. The number of hydrogen-bond acceptors (Lipinski definition) is 6. The Bertz CT molecular complexity index is 1530. The molecule has 1 heterocycles. The minimum Gasteiger partial charge on any atom is -0.391 e. The number of aliphatic hydroxyl groups excluding tert-OH is 1. The molecule has 2 amide bonds. The van der Waals surface area contributed by atoms with Crippen LogP contribution in [-0.4, -0.2) is 46.7 Å². The molecule has 0 fully saturated rings. The Morgan fingerprint density at radius 3 is 2.30 bits per heavy atom. The summed E-state index contributed by atoms with van der Waals surface area (Å²) in [5, 5.41) is 23.4. The van der Waals surface area contributed by atoms with E-state index in [1.165, 1.54) is 0 Å². The van der Waals surface area contributed by atoms with Crippen LogP contribution in [0.4, 0.5) is 0 Å². The lowest BCUT2D eigenvalue weighted by Crippen LogP contribution is -2.53. The highest BCUT2D eigenvalue weighted by Crippen LogP contribution is 2.23. The Morgan fingerprint density at radius 2 is 1.57 bits per heavy atom. The summed E-state index contributed by atoms with van der Waals surface area (Å²) in [6.45, 7) is 9.43. The van der Waals surface area contributed by atoms with Crippen molar-refractivity contribution in [2.45, 2.75) is 78.4 Å². The van der Waals surface area contributed by atoms with E-state index in [2.05, 4.69) is 45.2 Å². The number of benzene rings is 3. The standard InChI is InChI=1S/C39H50N4O4/c1-5-28(4)37(39(46)42-23-29-13-7-6-8-14-29)43-38(45)34(27(2)3)21-36(44)35(41-24-30-15-12-20-40-22-30)26-47-25-32-18-11-17-31-16-9-10-19-33(31)32/h6-20,22,27-28,34-37,41,44H,5,21,23-26H2,1-4H3,(H,42,46)(H,43,45)/t28-,34-,35-,36-,37-/m0/s1. The van der Waals surface area contributed by atoms with Gasteiger partial charge >= 0.3 is 0 Å². The molecule has 3 aromatic carbocycles. The van der Waals surface area contributed by atoms with Crippen LogP contribution < -0.4 is 16.0 Å². The number of amides is 2. The molecule has 0 aliphatic carbocycles. The molecule has 0 saturated heterocycles. The molecule has 1 aromatic heterocycles. The zero-order chi connectivity index (χ0) is 33.6. The van der Waals surface area contributed by atoms with Gasteiger partial charge in [-0.15, -0.1) is 0 Å². The van der Waals surface area contributed by atoms with Gasteiger partial charge in [0.2, 0.25) is 11.8 Å². The molecular weight excluding hydrogens is 588 g/mol. The van der Waals surface area contributed by atoms with E-state index < -0.39 is 24.1 Å². The van der Waals surface area contributed by atoms with Crippen LogP contribution in [0.15, 0.2) is 97.3 Å². The van der Waals surface area contributed by atoms with E-state index >= 15 is 0 Å². The van der Waals surface area contributed by atoms with Crippen LogP contribution in [-0.2, 0) is 34.0 Å². The smallest absolute Gasteiger partial charge is 0.243 e. The molecule has 0 saturated carbocycles. The fourth-order valence-corrected chi connectivity index (χ4v) is 5.74. The van der Waals surface area contributed by atoms with E-state index in [4.69, 9.17) is 4.74 Å². The predicted octanol–water partition coefficient (Wildman–Crippen LogP) is 5.78. The molecule has 0 bridgehead atoms. The molecule has 0 spiro atoms. The lowest BCUT2D eigenvalue weighted by atomic mass is 9.86. The summed E-state index contributed by atoms with van der Waals surface area (Å²) in [4.78, 5) is 31.3. The number of nitrogens with zero attached hydrogens (tertiary/aromatic N) is 1. The van der Waals surface area contributed by atoms with Gasteiger partial charge in [0.25, 0.3) is 0 Å². The van der Waals surface area contributed by atoms with Crippen LogP contribution >= 0.6 is 0 Å². The monoisotopic (exact) mass is 638 g/mol. The quantitative estimate of drug-likeness (QED) is 0.110. The van der Waals surface area contributed by atoms with Gasteiger partial charge in [-0.25, -0.2) is 0 Å². The van der Waals surface area contributed by atoms with Gasteiger partial charge in [0, 0.05) is 31.4 Å². The summed E-state index contributed by atoms with van der Waals surface area (Å²) in [6.07, 6.45) is 3.57. The Balaban J connectivity index is 1.43. The van der Waals surface area contributed by atoms with Crippen molar-refractivity contribution in [1.82, 2.24) is 20.9 Å². The highest BCUT2D eigenvalue weighted by molar-refractivity contribution is 5.89. The molecule has 4 rings (SSSR count). The molecule has 4 aromatic rings. The summed E-state index contributed by atoms with van der Waals surface area (Å²) in [5.74, 6) is -1.09. The van der Waals surface area contributed by atoms with Crippen molar-refractivity contribution < 1.29 is 19.4 Å². The predicted molar refractivity (Wildman–Crippen MR) is 187 cm³/mol. The molecule has 0 radical (unpaired) electrons. The molecule has 0 aliphatic rings. The van der Waals surface area contributed by atoms with Crippen molar-refractivity contribution in [1.29, 1.82) is 0 Å². The first-order valence-corrected chi connectivity index (χ1v) is 16.7. The highest BCUT2D eigenvalue weighted by Gasteiger charge is 2.33. The van der Waals surface area contributed by atoms with E-state index in [0.29, 0.717) is 19.7 Å². The molecule has 8 nitrogen and oxygen atoms in total. The normalized spacial score (nSPS) is 14.7. The van der Waals surface area contributed by atoms with Crippen molar-refractivity contribution in [3.8, 4) is 0 Å². The summed E-state index contributed by atoms with van der Waals surface area (Å²) >= 11 is 0. The first-order valence-electron chi connectivity index (χ1n) is 16.7. The maximum Gasteiger partial charge on any atom is 0.243 e. The number of carbonyl (C=O) groups is 2. The maximum atomic E-state index is 13.8. The van der Waals surface area contributed by atoms with Crippen molar-refractivity contribution in [2.75, 3.05) is 6.61 Å². The summed E-state index contributed by atoms with van der Waals surface area (Å²) in [5.41, 5.74) is 3.05. The van der Waals surface area contributed by atoms with Crippen LogP contribution in [0, 0.1) is 17.8 Å². The van der Waals surface area contributed by atoms with Gasteiger partial charge < -0.3 is 25.8 Å². The van der Waals surface area contributed by atoms with Crippen LogP contribution in [0.2, 0.25) is 0 Å². The topological polar surface area (TPSA) is 113 Å². The molecule has 250 valence electrons. The lowest BCUT2D eigenvalue weighted by Gasteiger charge is -2.31. The van der Waals surface area contributed by atoms with Crippen molar-refractivity contribution >= 4 is 22.6 Å². The SMILES string of the molecule is CC[C@H](C)[C@H](NC(=O)[C@@H](C[C@H](O)[C@H](COCc1cccc2ccccc12)NCc1cccnc1)C(C)C)C(=O)NCc1ccccc1. The van der Waals surface area contributed by atoms with E-state index in [-0.39, 0.29) is 36.7 Å². The van der Waals surface area contributed by atoms with Gasteiger partial charge in [0.05, 0.1) is 25.4 Å². The number of carbonyl (C=O) groups excluding carboxylic acids is 2. The van der Waals surface area contributed by atoms with Gasteiger partial charge in [0.1, 0.15) is 6.04 Å². The van der Waals surface area contributed by atoms with Gasteiger partial charge in [-0.3, -0.25) is 14.6 Å². The second-order valence-corrected chi connectivity index (χ2v) is 12.7. The first-order chi connectivity index (χ1) is 22.8. The summed E-state index contributed by atoms with van der Waals surface area (Å²) in [6, 6.07) is 26.8. The molecule has 5 atom stereocenters. The fraction of sp³-hybridized carbons (Fsp3) is 0.410. The van der Waals surface area contributed by atoms with E-state index in [1.54, 1.807) is 12.4 Å². The lowest BCUT2D eigenvalue weighted by molar-refractivity contribution is -0.134. The Morgan fingerprint density at radius 1 is 0.851 bits per heavy atom. The number of nitrogens with one attached hydrogen (secondary N) is 3. The van der Waals surface area contributed by atoms with E-state index in [0.717, 1.165) is 33.9 Å². The third-order valence-electron chi connectivity index (χ3n) is 8.93. The van der Waals surface area contributed by atoms with Crippen molar-refractivity contribution in [2.24, 2.45) is 17.8 Å². The molecule has 8 heteroatoms. The molecule has 0 unspecified atom stereocenters. The Hall–Kier alpha value is -4.11. The fourth-order valence-electron chi connectivity index (χ4n) is 5.74. The van der Waals surface area contributed by atoms with Gasteiger partial charge in [0.15, 0.2) is 0 Å². The van der Waals surface area contributed by atoms with Crippen LogP contribution in [0.5, 0.6) is 0 Å². The van der Waals surface area contributed by atoms with Crippen LogP contribution in [0.25, 0.3) is 10.8 Å². The van der Waals surface area contributed by atoms with Crippen LogP contribution in [0.1, 0.15) is 57.2 Å². The first kappa shape index (κ1) is 35.7. The number of ether oxygens (including phenoxy) is 1. The second kappa shape index (κ2) is 18.3. The van der Waals surface area contributed by atoms with Crippen molar-refractivity contribution in [3.05, 3.63) is 114 Å². The number of rotatable bonds is 18. The minimum absolute atomic E-state index is 0.0646. The highest BCUT2D eigenvalue weighted by atomic mass is 16.5. The molecule has 4 N–H and O–H groups in total. The third kappa shape index (κ3) is 10.7. The number of hydrogen-bond donors (Lipinski definition) is 4. The molecule has 0 aliphatic heterocycles. The van der Waals surface area contributed by atoms with Crippen LogP contribution in [0.3, 0.4) is 0 Å². The number of pyridine rings is 1. The van der Waals surface area contributed by atoms with E-state index in [9.17, 15) is 14.7 Å². The Kier molecular flexibility index (Phi) is 13.9. The largest absolute Gasteiger partial charge is 0.391 e. The maximum absolute atomic E-state index is 13.8. The van der Waals surface area contributed by atoms with E-state index in [1.807, 2.05) is 88.4 Å². The zero-order valence-electron chi connectivity index (χ0n) is 28.1. The Labute approximate surface area is 279 Å². The number of fused-ring (bicyclic) bond motifs is 1. The van der Waals surface area contributed by atoms with Gasteiger partial charge in [-0.05, 0) is 51.8 Å². The average Bonchev–Trinajstić information content (AvgIpc) is 3.10. The minimum atomic E-state index is -0.883. The van der Waals surface area contributed by atoms with Gasteiger partial charge in [-0.1, -0.05) is 113 Å².